The van der Waals surface area contributed by atoms with Crippen LogP contribution >= 0.6 is 0 Å². The van der Waals surface area contributed by atoms with E-state index < -0.39 is 192 Å². The molecule has 1 aromatic rings. The molecule has 0 bridgehead atoms. The van der Waals surface area contributed by atoms with Crippen molar-refractivity contribution in [2.75, 3.05) is 13.1 Å². The van der Waals surface area contributed by atoms with E-state index >= 15 is 0 Å². The number of nitrogens with zero attached hydrogens (tertiary/aromatic N) is 2. The highest BCUT2D eigenvalue weighted by molar-refractivity contribution is 7.81. The molecule has 3 aliphatic heterocycles. The van der Waals surface area contributed by atoms with Gasteiger partial charge in [-0.3, -0.25) is 38.1 Å². The summed E-state index contributed by atoms with van der Waals surface area (Å²) in [6.07, 6.45) is -18.5. The molecule has 64 heavy (non-hydrogen) atoms. The first-order chi connectivity index (χ1) is 29.6. The lowest BCUT2D eigenvalue weighted by Gasteiger charge is -2.34. The van der Waals surface area contributed by atoms with Crippen molar-refractivity contribution in [1.82, 2.24) is 31.1 Å². The molecule has 0 saturated carbocycles. The van der Waals surface area contributed by atoms with Gasteiger partial charge in [0, 0.05) is 31.3 Å². The summed E-state index contributed by atoms with van der Waals surface area (Å²) in [6, 6.07) is -8.24. The molecular weight excluding hydrogens is 882 g/mol. The number of aliphatic hydroxyl groups excluding tert-OH is 8. The van der Waals surface area contributed by atoms with Crippen LogP contribution in [0.3, 0.4) is 0 Å². The van der Waals surface area contributed by atoms with Gasteiger partial charge in [0.15, 0.2) is 17.7 Å². The number of primary amides is 1. The van der Waals surface area contributed by atoms with Crippen LogP contribution in [0, 0.1) is 11.8 Å². The third kappa shape index (κ3) is 12.1. The molecule has 3 saturated heterocycles. The van der Waals surface area contributed by atoms with Gasteiger partial charge in [-0.1, -0.05) is 19.9 Å². The van der Waals surface area contributed by atoms with Crippen molar-refractivity contribution in [3.63, 3.8) is 0 Å². The average Bonchev–Trinajstić information content (AvgIpc) is 3.74. The minimum atomic E-state index is -5.30. The van der Waals surface area contributed by atoms with Crippen molar-refractivity contribution in [3.8, 4) is 11.5 Å². The Morgan fingerprint density at radius 2 is 1.42 bits per heavy atom. The molecule has 0 radical (unpaired) electrons. The molecule has 0 aliphatic carbocycles. The summed E-state index contributed by atoms with van der Waals surface area (Å²) in [4.78, 5) is 96.9. The van der Waals surface area contributed by atoms with Crippen molar-refractivity contribution in [1.29, 1.82) is 0 Å². The molecule has 358 valence electrons. The van der Waals surface area contributed by atoms with E-state index in [2.05, 4.69) is 14.8 Å². The van der Waals surface area contributed by atoms with Crippen LogP contribution in [0.15, 0.2) is 18.2 Å². The molecule has 3 aliphatic rings. The molecule has 0 aromatic heterocycles. The van der Waals surface area contributed by atoms with Gasteiger partial charge >= 0.3 is 10.4 Å². The lowest BCUT2D eigenvalue weighted by Crippen LogP contribution is -2.64. The van der Waals surface area contributed by atoms with Crippen molar-refractivity contribution in [3.05, 3.63) is 23.8 Å². The van der Waals surface area contributed by atoms with Crippen molar-refractivity contribution >= 4 is 51.7 Å². The fourth-order valence-corrected chi connectivity index (χ4v) is 7.90. The highest BCUT2D eigenvalue weighted by atomic mass is 32.3. The Kier molecular flexibility index (Phi) is 16.6. The largest absolute Gasteiger partial charge is 0.504 e. The Bertz CT molecular complexity index is 2060. The second-order valence-corrected chi connectivity index (χ2v) is 17.1. The Balaban J connectivity index is 1.88. The minimum Gasteiger partial charge on any atom is -0.504 e. The van der Waals surface area contributed by atoms with Gasteiger partial charge in [-0.15, -0.1) is 0 Å². The van der Waals surface area contributed by atoms with E-state index in [1.165, 1.54) is 13.8 Å². The molecule has 4 rings (SSSR count). The van der Waals surface area contributed by atoms with Gasteiger partial charge in [-0.05, 0) is 31.0 Å². The fourth-order valence-electron chi connectivity index (χ4n) is 7.54. The average molecular weight is 936 g/mol. The van der Waals surface area contributed by atoms with Crippen LogP contribution in [0.1, 0.15) is 51.7 Å². The Hall–Kier alpha value is -5.30. The Morgan fingerprint density at radius 1 is 0.828 bits per heavy atom. The molecule has 15 unspecified atom stereocenters. The van der Waals surface area contributed by atoms with E-state index in [0.717, 1.165) is 19.1 Å². The molecule has 1 aromatic carbocycles. The highest BCUT2D eigenvalue weighted by Crippen LogP contribution is 2.32. The van der Waals surface area contributed by atoms with Crippen molar-refractivity contribution < 1.29 is 96.7 Å². The number of hydrogen-bond acceptors (Lipinski definition) is 19. The maximum Gasteiger partial charge on any atom is 0.446 e. The SMILES string of the molecule is CC1CC(O)C(O)NC(=O)C2C(O)C(C)CN2C(=O)C(C(O)CC(N)=O)NC(=O)C(C(O)C(O)c2ccc(O)c(OS(=O)(=O)O)c2)NC(=O)C2CC(O)CN2C(=O)C(C(C)O)NC1=O. The topological polar surface area (TPSA) is 446 Å². The van der Waals surface area contributed by atoms with Crippen LogP contribution in [-0.4, -0.2) is 196 Å². The molecule has 0 spiro atoms. The van der Waals surface area contributed by atoms with Gasteiger partial charge in [0.05, 0.1) is 36.9 Å². The van der Waals surface area contributed by atoms with Gasteiger partial charge in [0.1, 0.15) is 42.4 Å². The quantitative estimate of drug-likeness (QED) is 0.102. The van der Waals surface area contributed by atoms with E-state index in [-0.39, 0.29) is 0 Å². The smallest absolute Gasteiger partial charge is 0.446 e. The standard InChI is InChI=1S/C36H53N7O20S/c1-12-6-20(48)32(55)41-34(57)26-27(50)13(2)10-43(26)36(59)24(19(47)9-22(37)49)39-33(56)25(29(52)28(51)15-4-5-18(46)21(7-15)63-64(60,61)62)40-31(54)17-8-16(45)11-42(17)35(58)23(14(3)44)38-30(12)53/h4-5,7,12-14,16-17,19-20,23-29,32,44-48,50-52,55H,6,8-11H2,1-3H3,(H2,37,49)(H,38,53)(H,39,56)(H,40,54)(H,41,57)(H,60,61,62). The molecular formula is C36H53N7O20S. The van der Waals surface area contributed by atoms with Gasteiger partial charge < -0.3 is 86.9 Å². The first-order valence-electron chi connectivity index (χ1n) is 19.7. The minimum absolute atomic E-state index is 0.488. The van der Waals surface area contributed by atoms with Gasteiger partial charge in [0.25, 0.3) is 0 Å². The van der Waals surface area contributed by atoms with E-state index in [1.54, 1.807) is 0 Å². The maximum absolute atomic E-state index is 14.3. The zero-order valence-corrected chi connectivity index (χ0v) is 35.2. The number of phenols is 1. The summed E-state index contributed by atoms with van der Waals surface area (Å²) in [5.41, 5.74) is 4.70. The van der Waals surface area contributed by atoms with Crippen molar-refractivity contribution in [2.45, 2.75) is 119 Å². The van der Waals surface area contributed by atoms with Crippen LogP contribution in [-0.2, 0) is 44.0 Å². The molecule has 15 atom stereocenters. The molecule has 28 heteroatoms. The normalized spacial score (nSPS) is 32.4. The van der Waals surface area contributed by atoms with Gasteiger partial charge in [-0.2, -0.15) is 8.42 Å². The Morgan fingerprint density at radius 3 is 2.02 bits per heavy atom. The second-order valence-electron chi connectivity index (χ2n) is 16.1. The third-order valence-electron chi connectivity index (χ3n) is 11.0. The van der Waals surface area contributed by atoms with Crippen LogP contribution in [0.5, 0.6) is 11.5 Å². The number of benzene rings is 1. The molecule has 7 amide bonds. The van der Waals surface area contributed by atoms with Gasteiger partial charge in [-0.25, -0.2) is 0 Å². The molecule has 3 heterocycles. The summed E-state index contributed by atoms with van der Waals surface area (Å²) in [5, 5.41) is 106. The number of carbonyl (C=O) groups excluding carboxylic acids is 7. The number of fused-ring (bicyclic) bond motifs is 2. The number of nitrogens with one attached hydrogen (secondary N) is 4. The number of rotatable bonds is 9. The monoisotopic (exact) mass is 935 g/mol. The summed E-state index contributed by atoms with van der Waals surface area (Å²) < 4.78 is 36.2. The zero-order chi connectivity index (χ0) is 48.3. The predicted octanol–water partition coefficient (Wildman–Crippen LogP) is -7.96. The van der Waals surface area contributed by atoms with E-state index in [1.807, 2.05) is 10.6 Å². The third-order valence-corrected chi connectivity index (χ3v) is 11.4. The van der Waals surface area contributed by atoms with Crippen molar-refractivity contribution in [2.24, 2.45) is 17.6 Å². The number of aliphatic hydroxyl groups is 8. The second kappa shape index (κ2) is 20.7. The van der Waals surface area contributed by atoms with Crippen LogP contribution in [0.2, 0.25) is 0 Å². The number of phenolic OH excluding ortho intramolecular Hbond substituents is 1. The maximum atomic E-state index is 14.3. The number of nitrogens with two attached hydrogens (primary N) is 1. The summed E-state index contributed by atoms with van der Waals surface area (Å²) >= 11 is 0. The number of carbonyl (C=O) groups is 7. The number of aromatic hydroxyl groups is 1. The molecule has 16 N–H and O–H groups in total. The summed E-state index contributed by atoms with van der Waals surface area (Å²) in [7, 11) is -5.30. The molecule has 27 nitrogen and oxygen atoms in total. The number of hydrogen-bond donors (Lipinski definition) is 15. The highest BCUT2D eigenvalue weighted by Gasteiger charge is 2.50. The first kappa shape index (κ1) is 51.3. The van der Waals surface area contributed by atoms with E-state index in [0.29, 0.717) is 15.9 Å². The van der Waals surface area contributed by atoms with Gasteiger partial charge in [0.2, 0.25) is 41.4 Å². The summed E-state index contributed by atoms with van der Waals surface area (Å²) in [5.74, 6) is -13.2. The Labute approximate surface area is 364 Å². The zero-order valence-electron chi connectivity index (χ0n) is 34.4. The summed E-state index contributed by atoms with van der Waals surface area (Å²) in [6.45, 7) is 2.61. The predicted molar refractivity (Wildman–Crippen MR) is 209 cm³/mol. The van der Waals surface area contributed by atoms with Crippen LogP contribution < -0.4 is 31.2 Å². The molecule has 3 fully saturated rings. The first-order valence-corrected chi connectivity index (χ1v) is 21.0. The van der Waals surface area contributed by atoms with Crippen LogP contribution in [0.4, 0.5) is 0 Å². The fraction of sp³-hybridized carbons (Fsp3) is 0.639. The lowest BCUT2D eigenvalue weighted by atomic mass is 9.96. The van der Waals surface area contributed by atoms with E-state index in [9.17, 15) is 87.9 Å². The number of amides is 7. The van der Waals surface area contributed by atoms with E-state index in [4.69, 9.17) is 10.3 Å². The lowest BCUT2D eigenvalue weighted by molar-refractivity contribution is -0.149. The van der Waals surface area contributed by atoms with Crippen LogP contribution in [0.25, 0.3) is 0 Å².